The molecule has 0 aliphatic rings. The number of carboxylic acids is 1. The van der Waals surface area contributed by atoms with Gasteiger partial charge in [0.2, 0.25) is 0 Å². The molecule has 0 atom stereocenters. The lowest BCUT2D eigenvalue weighted by Gasteiger charge is -2.03. The van der Waals surface area contributed by atoms with Crippen LogP contribution in [-0.2, 0) is 4.79 Å². The Morgan fingerprint density at radius 1 is 1.14 bits per heavy atom. The smallest absolute Gasteiger partial charge is 0.328 e. The van der Waals surface area contributed by atoms with Gasteiger partial charge in [0.05, 0.1) is 23.3 Å². The van der Waals surface area contributed by atoms with Crippen LogP contribution in [0.2, 0.25) is 0 Å². The molecule has 0 fully saturated rings. The molecule has 0 aliphatic heterocycles. The predicted octanol–water partition coefficient (Wildman–Crippen LogP) is 3.03. The third-order valence-corrected chi connectivity index (χ3v) is 3.09. The van der Waals surface area contributed by atoms with Crippen molar-refractivity contribution in [3.63, 3.8) is 0 Å². The van der Waals surface area contributed by atoms with E-state index in [2.05, 4.69) is 10.1 Å². The number of hydrogen-bond donors (Lipinski definition) is 1. The van der Waals surface area contributed by atoms with E-state index in [0.717, 1.165) is 23.0 Å². The number of carbonyl (C=O) groups is 1. The zero-order chi connectivity index (χ0) is 15.4. The van der Waals surface area contributed by atoms with E-state index in [-0.39, 0.29) is 0 Å². The van der Waals surface area contributed by atoms with E-state index in [1.807, 2.05) is 48.5 Å². The Morgan fingerprint density at radius 2 is 1.95 bits per heavy atom. The summed E-state index contributed by atoms with van der Waals surface area (Å²) in [5, 5.41) is 13.4. The monoisotopic (exact) mass is 291 g/mol. The molecule has 108 valence electrons. The summed E-state index contributed by atoms with van der Waals surface area (Å²) in [5.74, 6) is -1.000. The Labute approximate surface area is 127 Å². The molecule has 3 rings (SSSR count). The van der Waals surface area contributed by atoms with Gasteiger partial charge >= 0.3 is 5.97 Å². The summed E-state index contributed by atoms with van der Waals surface area (Å²) < 4.78 is 1.68. The van der Waals surface area contributed by atoms with Crippen molar-refractivity contribution in [1.29, 1.82) is 0 Å². The van der Waals surface area contributed by atoms with Crippen molar-refractivity contribution in [2.75, 3.05) is 0 Å². The first kappa shape index (κ1) is 13.8. The topological polar surface area (TPSA) is 68.0 Å². The van der Waals surface area contributed by atoms with E-state index in [0.29, 0.717) is 5.69 Å². The summed E-state index contributed by atoms with van der Waals surface area (Å²) in [6.45, 7) is 0. The molecular formula is C17H13N3O2. The second-order valence-corrected chi connectivity index (χ2v) is 4.62. The highest BCUT2D eigenvalue weighted by atomic mass is 16.4. The Hall–Kier alpha value is -3.21. The average molecular weight is 291 g/mol. The van der Waals surface area contributed by atoms with Crippen LogP contribution in [0.1, 0.15) is 5.69 Å². The van der Waals surface area contributed by atoms with Crippen molar-refractivity contribution in [1.82, 2.24) is 14.8 Å². The summed E-state index contributed by atoms with van der Waals surface area (Å²) in [6.07, 6.45) is 5.98. The molecular weight excluding hydrogens is 278 g/mol. The fourth-order valence-corrected chi connectivity index (χ4v) is 2.11. The van der Waals surface area contributed by atoms with Crippen LogP contribution in [0.4, 0.5) is 0 Å². The number of nitrogens with zero attached hydrogens (tertiary/aromatic N) is 3. The highest BCUT2D eigenvalue weighted by Crippen LogP contribution is 2.22. The Kier molecular flexibility index (Phi) is 3.78. The van der Waals surface area contributed by atoms with E-state index in [4.69, 9.17) is 5.11 Å². The van der Waals surface area contributed by atoms with E-state index in [1.165, 1.54) is 6.08 Å². The van der Waals surface area contributed by atoms with Gasteiger partial charge in [-0.25, -0.2) is 9.48 Å². The first-order valence-electron chi connectivity index (χ1n) is 6.71. The summed E-state index contributed by atoms with van der Waals surface area (Å²) in [4.78, 5) is 14.8. The molecule has 0 bridgehead atoms. The van der Waals surface area contributed by atoms with Crippen LogP contribution in [0.15, 0.2) is 67.0 Å². The Balaban J connectivity index is 2.11. The highest BCUT2D eigenvalue weighted by molar-refractivity contribution is 5.85. The molecule has 0 amide bonds. The van der Waals surface area contributed by atoms with Crippen molar-refractivity contribution < 1.29 is 9.90 Å². The minimum absolute atomic E-state index is 0.675. The molecule has 2 aromatic heterocycles. The van der Waals surface area contributed by atoms with Crippen LogP contribution in [0.3, 0.4) is 0 Å². The molecule has 3 aromatic rings. The fourth-order valence-electron chi connectivity index (χ4n) is 2.11. The number of aromatic nitrogens is 3. The van der Waals surface area contributed by atoms with E-state index in [1.54, 1.807) is 17.1 Å². The maximum absolute atomic E-state index is 10.8. The lowest BCUT2D eigenvalue weighted by molar-refractivity contribution is -0.131. The molecule has 1 aromatic carbocycles. The van der Waals surface area contributed by atoms with E-state index in [9.17, 15) is 4.79 Å². The number of aliphatic carboxylic acids is 1. The van der Waals surface area contributed by atoms with Crippen molar-refractivity contribution in [3.05, 3.63) is 72.7 Å². The first-order valence-corrected chi connectivity index (χ1v) is 6.71. The van der Waals surface area contributed by atoms with Crippen molar-refractivity contribution in [3.8, 4) is 16.9 Å². The van der Waals surface area contributed by atoms with E-state index < -0.39 is 5.97 Å². The van der Waals surface area contributed by atoms with Gasteiger partial charge in [0.15, 0.2) is 0 Å². The average Bonchev–Trinajstić information content (AvgIpc) is 2.99. The molecule has 5 heteroatoms. The second kappa shape index (κ2) is 6.05. The molecule has 0 radical (unpaired) electrons. The number of rotatable bonds is 4. The Morgan fingerprint density at radius 3 is 2.64 bits per heavy atom. The molecule has 5 nitrogen and oxygen atoms in total. The summed E-state index contributed by atoms with van der Waals surface area (Å²) in [6, 6.07) is 15.3. The molecule has 22 heavy (non-hydrogen) atoms. The van der Waals surface area contributed by atoms with Gasteiger partial charge in [-0.05, 0) is 24.3 Å². The molecule has 0 unspecified atom stereocenters. The standard InChI is InChI=1S/C17H13N3O2/c21-17(22)9-8-14-11-16(13-5-2-1-3-6-13)19-20(14)15-7-4-10-18-12-15/h1-12H,(H,21,22)/b9-8+. The van der Waals surface area contributed by atoms with Gasteiger partial charge in [-0.15, -0.1) is 0 Å². The van der Waals surface area contributed by atoms with Crippen LogP contribution in [0, 0.1) is 0 Å². The lowest BCUT2D eigenvalue weighted by Crippen LogP contribution is -1.99. The van der Waals surface area contributed by atoms with Gasteiger partial charge in [-0.3, -0.25) is 4.98 Å². The number of pyridine rings is 1. The van der Waals surface area contributed by atoms with Gasteiger partial charge in [-0.1, -0.05) is 30.3 Å². The van der Waals surface area contributed by atoms with Crippen LogP contribution in [0.5, 0.6) is 0 Å². The SMILES string of the molecule is O=C(O)/C=C/c1cc(-c2ccccc2)nn1-c1cccnc1. The maximum atomic E-state index is 10.8. The molecule has 0 saturated carbocycles. The number of carboxylic acid groups (broad SMARTS) is 1. The lowest BCUT2D eigenvalue weighted by atomic mass is 10.1. The van der Waals surface area contributed by atoms with Gasteiger partial charge in [-0.2, -0.15) is 5.10 Å². The van der Waals surface area contributed by atoms with Gasteiger partial charge in [0, 0.05) is 17.8 Å². The van der Waals surface area contributed by atoms with Crippen LogP contribution in [-0.4, -0.2) is 25.8 Å². The largest absolute Gasteiger partial charge is 0.478 e. The predicted molar refractivity (Wildman–Crippen MR) is 83.5 cm³/mol. The minimum Gasteiger partial charge on any atom is -0.478 e. The summed E-state index contributed by atoms with van der Waals surface area (Å²) >= 11 is 0. The van der Waals surface area contributed by atoms with E-state index >= 15 is 0 Å². The fraction of sp³-hybridized carbons (Fsp3) is 0. The normalized spacial score (nSPS) is 10.9. The molecule has 0 saturated heterocycles. The molecule has 1 N–H and O–H groups in total. The zero-order valence-corrected chi connectivity index (χ0v) is 11.6. The van der Waals surface area contributed by atoms with Crippen molar-refractivity contribution >= 4 is 12.0 Å². The van der Waals surface area contributed by atoms with Gasteiger partial charge < -0.3 is 5.11 Å². The molecule has 0 spiro atoms. The van der Waals surface area contributed by atoms with Crippen LogP contribution in [0.25, 0.3) is 23.0 Å². The first-order chi connectivity index (χ1) is 10.7. The third kappa shape index (κ3) is 2.93. The zero-order valence-electron chi connectivity index (χ0n) is 11.6. The second-order valence-electron chi connectivity index (χ2n) is 4.62. The summed E-state index contributed by atoms with van der Waals surface area (Å²) in [7, 11) is 0. The third-order valence-electron chi connectivity index (χ3n) is 3.09. The minimum atomic E-state index is -1.000. The Bertz CT molecular complexity index is 808. The molecule has 0 aliphatic carbocycles. The number of hydrogen-bond acceptors (Lipinski definition) is 3. The van der Waals surface area contributed by atoms with Crippen molar-refractivity contribution in [2.24, 2.45) is 0 Å². The van der Waals surface area contributed by atoms with Gasteiger partial charge in [0.1, 0.15) is 0 Å². The molecule has 2 heterocycles. The maximum Gasteiger partial charge on any atom is 0.328 e. The van der Waals surface area contributed by atoms with Crippen molar-refractivity contribution in [2.45, 2.75) is 0 Å². The number of benzene rings is 1. The highest BCUT2D eigenvalue weighted by Gasteiger charge is 2.09. The summed E-state index contributed by atoms with van der Waals surface area (Å²) in [5.41, 5.74) is 3.19. The van der Waals surface area contributed by atoms with Gasteiger partial charge in [0.25, 0.3) is 0 Å². The van der Waals surface area contributed by atoms with Crippen LogP contribution < -0.4 is 0 Å². The van der Waals surface area contributed by atoms with Crippen LogP contribution >= 0.6 is 0 Å². The quantitative estimate of drug-likeness (QED) is 0.750.